The number of phenolic OH excluding ortho intramolecular Hbond substituents is 1. The van der Waals surface area contributed by atoms with E-state index in [1.807, 2.05) is 6.92 Å². The van der Waals surface area contributed by atoms with Crippen LogP contribution in [0.4, 0.5) is 0 Å². The first kappa shape index (κ1) is 19.6. The van der Waals surface area contributed by atoms with Crippen molar-refractivity contribution in [1.29, 1.82) is 0 Å². The highest BCUT2D eigenvalue weighted by atomic mass is 16.6. The number of hydrogen-bond donors (Lipinski definition) is 2. The molecule has 0 bridgehead atoms. The summed E-state index contributed by atoms with van der Waals surface area (Å²) in [6.45, 7) is 5.70. The number of benzene rings is 2. The van der Waals surface area contributed by atoms with E-state index in [0.29, 0.717) is 29.2 Å². The summed E-state index contributed by atoms with van der Waals surface area (Å²) >= 11 is 0. The van der Waals surface area contributed by atoms with Crippen LogP contribution in [0.1, 0.15) is 28.4 Å². The lowest BCUT2D eigenvalue weighted by molar-refractivity contribution is -0.0805. The first-order valence-corrected chi connectivity index (χ1v) is 9.83. The number of methoxy groups -OCH3 is 2. The van der Waals surface area contributed by atoms with E-state index in [4.69, 9.17) is 23.7 Å². The van der Waals surface area contributed by atoms with Crippen LogP contribution in [-0.4, -0.2) is 49.0 Å². The lowest BCUT2D eigenvalue weighted by Gasteiger charge is -2.43. The number of fused-ring (bicyclic) bond motifs is 6. The standard InChI is InChI=1S/C23H22O8/c1-10(2)14-5-11-15(30-14)7-13(24)20-21(11)31-19-9-29-16-8-18(28-4)17(27-3)6-12(16)23(19,26)22(20)25/h6-8,14,19,24,26H,1,5,9H2,2-4H3/t14-,19-,23-/m1/s1. The fourth-order valence-electron chi connectivity index (χ4n) is 4.42. The Labute approximate surface area is 178 Å². The summed E-state index contributed by atoms with van der Waals surface area (Å²) in [4.78, 5) is 13.6. The Morgan fingerprint density at radius 2 is 1.87 bits per heavy atom. The highest BCUT2D eigenvalue weighted by Gasteiger charge is 2.57. The van der Waals surface area contributed by atoms with Gasteiger partial charge in [-0.15, -0.1) is 0 Å². The van der Waals surface area contributed by atoms with E-state index < -0.39 is 17.5 Å². The minimum absolute atomic E-state index is 0.0701. The summed E-state index contributed by atoms with van der Waals surface area (Å²) in [5, 5.41) is 22.3. The van der Waals surface area contributed by atoms with Gasteiger partial charge in [0, 0.05) is 29.7 Å². The zero-order valence-electron chi connectivity index (χ0n) is 17.4. The van der Waals surface area contributed by atoms with Gasteiger partial charge in [0.2, 0.25) is 5.78 Å². The molecule has 162 valence electrons. The summed E-state index contributed by atoms with van der Waals surface area (Å²) in [6, 6.07) is 4.44. The van der Waals surface area contributed by atoms with Crippen LogP contribution in [0.3, 0.4) is 0 Å². The van der Waals surface area contributed by atoms with Crippen molar-refractivity contribution >= 4 is 5.78 Å². The van der Waals surface area contributed by atoms with Gasteiger partial charge in [0.15, 0.2) is 23.2 Å². The molecule has 2 aromatic carbocycles. The van der Waals surface area contributed by atoms with Crippen molar-refractivity contribution in [2.45, 2.75) is 31.2 Å². The van der Waals surface area contributed by atoms with Crippen LogP contribution in [0.15, 0.2) is 30.4 Å². The number of Topliss-reactive ketones (excluding diaryl/α,β-unsaturated/α-hetero) is 1. The average Bonchev–Trinajstić information content (AvgIpc) is 3.18. The zero-order chi connectivity index (χ0) is 22.1. The molecular formula is C23H22O8. The van der Waals surface area contributed by atoms with E-state index >= 15 is 0 Å². The Balaban J connectivity index is 1.67. The number of rotatable bonds is 3. The Hall–Kier alpha value is -3.39. The smallest absolute Gasteiger partial charge is 0.210 e. The van der Waals surface area contributed by atoms with Gasteiger partial charge in [-0.3, -0.25) is 4.79 Å². The number of aliphatic hydroxyl groups is 1. The molecule has 3 atom stereocenters. The Morgan fingerprint density at radius 1 is 1.16 bits per heavy atom. The van der Waals surface area contributed by atoms with Crippen molar-refractivity contribution in [2.75, 3.05) is 20.8 Å². The molecule has 0 unspecified atom stereocenters. The van der Waals surface area contributed by atoms with Crippen LogP contribution in [-0.2, 0) is 12.0 Å². The summed E-state index contributed by atoms with van der Waals surface area (Å²) in [5.74, 6) is 0.668. The summed E-state index contributed by atoms with van der Waals surface area (Å²) in [5.41, 5.74) is -0.480. The number of ether oxygens (including phenoxy) is 5. The van der Waals surface area contributed by atoms with Crippen molar-refractivity contribution in [2.24, 2.45) is 0 Å². The van der Waals surface area contributed by atoms with Gasteiger partial charge < -0.3 is 33.9 Å². The molecule has 2 N–H and O–H groups in total. The minimum atomic E-state index is -2.07. The molecule has 0 aromatic heterocycles. The molecule has 0 amide bonds. The number of carbonyl (C=O) groups is 1. The number of hydrogen-bond acceptors (Lipinski definition) is 8. The molecule has 0 saturated heterocycles. The van der Waals surface area contributed by atoms with Crippen LogP contribution >= 0.6 is 0 Å². The molecule has 31 heavy (non-hydrogen) atoms. The molecule has 0 saturated carbocycles. The summed E-state index contributed by atoms with van der Waals surface area (Å²) in [7, 11) is 2.94. The number of aromatic hydroxyl groups is 1. The van der Waals surface area contributed by atoms with Crippen molar-refractivity contribution in [1.82, 2.24) is 0 Å². The van der Waals surface area contributed by atoms with Gasteiger partial charge in [0.05, 0.1) is 14.2 Å². The van der Waals surface area contributed by atoms with E-state index in [1.54, 1.807) is 6.07 Å². The molecule has 8 nitrogen and oxygen atoms in total. The van der Waals surface area contributed by atoms with Gasteiger partial charge in [-0.05, 0) is 18.6 Å². The van der Waals surface area contributed by atoms with Gasteiger partial charge in [-0.1, -0.05) is 6.58 Å². The van der Waals surface area contributed by atoms with Crippen LogP contribution in [0.25, 0.3) is 0 Å². The van der Waals surface area contributed by atoms with Gasteiger partial charge in [-0.2, -0.15) is 0 Å². The Kier molecular flexibility index (Phi) is 4.14. The van der Waals surface area contributed by atoms with Crippen molar-refractivity contribution < 1.29 is 38.7 Å². The molecule has 8 heteroatoms. The van der Waals surface area contributed by atoms with Gasteiger partial charge in [0.1, 0.15) is 41.3 Å². The maximum absolute atomic E-state index is 13.6. The molecule has 3 heterocycles. The minimum Gasteiger partial charge on any atom is -0.507 e. The third-order valence-corrected chi connectivity index (χ3v) is 6.12. The van der Waals surface area contributed by atoms with Crippen LogP contribution in [0, 0.1) is 0 Å². The van der Waals surface area contributed by atoms with E-state index in [1.165, 1.54) is 26.4 Å². The third-order valence-electron chi connectivity index (χ3n) is 6.12. The van der Waals surface area contributed by atoms with Gasteiger partial charge in [0.25, 0.3) is 0 Å². The number of ketones is 1. The lowest BCUT2D eigenvalue weighted by atomic mass is 9.76. The number of phenols is 1. The van der Waals surface area contributed by atoms with Crippen molar-refractivity contribution in [3.63, 3.8) is 0 Å². The van der Waals surface area contributed by atoms with E-state index in [-0.39, 0.29) is 41.1 Å². The summed E-state index contributed by atoms with van der Waals surface area (Å²) in [6.07, 6.45) is -0.845. The fraction of sp³-hybridized carbons (Fsp3) is 0.348. The molecule has 2 aromatic rings. The molecule has 0 fully saturated rings. The van der Waals surface area contributed by atoms with Crippen LogP contribution in [0.2, 0.25) is 0 Å². The third kappa shape index (κ3) is 2.54. The average molecular weight is 426 g/mol. The van der Waals surface area contributed by atoms with E-state index in [9.17, 15) is 15.0 Å². The summed E-state index contributed by atoms with van der Waals surface area (Å²) < 4.78 is 28.4. The maximum atomic E-state index is 13.6. The van der Waals surface area contributed by atoms with Crippen LogP contribution < -0.4 is 23.7 Å². The van der Waals surface area contributed by atoms with Crippen molar-refractivity contribution in [3.8, 4) is 34.5 Å². The first-order chi connectivity index (χ1) is 14.8. The van der Waals surface area contributed by atoms with Crippen molar-refractivity contribution in [3.05, 3.63) is 47.0 Å². The fourth-order valence-corrected chi connectivity index (χ4v) is 4.42. The highest BCUT2D eigenvalue weighted by molar-refractivity contribution is 6.09. The molecule has 5 rings (SSSR count). The molecule has 3 aliphatic rings. The molecular weight excluding hydrogens is 404 g/mol. The predicted octanol–water partition coefficient (Wildman–Crippen LogP) is 2.51. The predicted molar refractivity (Wildman–Crippen MR) is 109 cm³/mol. The SMILES string of the molecule is C=C(C)[C@H]1Cc2c(cc(O)c3c2O[C@@H]2COc4cc(OC)c(OC)cc4[C@]2(O)C3=O)O1. The normalized spacial score (nSPS) is 25.1. The second-order valence-electron chi connectivity index (χ2n) is 7.95. The lowest BCUT2D eigenvalue weighted by Crippen LogP contribution is -2.57. The highest BCUT2D eigenvalue weighted by Crippen LogP contribution is 2.53. The zero-order valence-corrected chi connectivity index (χ0v) is 17.4. The molecule has 0 radical (unpaired) electrons. The molecule has 0 spiro atoms. The maximum Gasteiger partial charge on any atom is 0.210 e. The second-order valence-corrected chi connectivity index (χ2v) is 7.95. The topological polar surface area (TPSA) is 104 Å². The van der Waals surface area contributed by atoms with E-state index in [2.05, 4.69) is 6.58 Å². The van der Waals surface area contributed by atoms with Gasteiger partial charge in [-0.25, -0.2) is 0 Å². The van der Waals surface area contributed by atoms with E-state index in [0.717, 1.165) is 5.57 Å². The monoisotopic (exact) mass is 426 g/mol. The quantitative estimate of drug-likeness (QED) is 0.722. The number of carbonyl (C=O) groups excluding carboxylic acids is 1. The molecule has 0 aliphatic carbocycles. The first-order valence-electron chi connectivity index (χ1n) is 9.83. The second kappa shape index (κ2) is 6.55. The largest absolute Gasteiger partial charge is 0.507 e. The van der Waals surface area contributed by atoms with Gasteiger partial charge >= 0.3 is 0 Å². The van der Waals surface area contributed by atoms with Crippen LogP contribution in [0.5, 0.6) is 34.5 Å². The Morgan fingerprint density at radius 3 is 2.55 bits per heavy atom. The molecule has 3 aliphatic heterocycles. The Bertz CT molecular complexity index is 1140.